The summed E-state index contributed by atoms with van der Waals surface area (Å²) in [7, 11) is 0. The number of hydrogen-bond donors (Lipinski definition) is 1. The molecular weight excluding hydrogens is 140 g/mol. The predicted molar refractivity (Wildman–Crippen MR) is 41.2 cm³/mol. The first kappa shape index (κ1) is 6.22. The van der Waals surface area contributed by atoms with E-state index in [4.69, 9.17) is 0 Å². The van der Waals surface area contributed by atoms with Crippen molar-refractivity contribution in [2.24, 2.45) is 0 Å². The lowest BCUT2D eigenvalue weighted by molar-refractivity contribution is -0.125. The van der Waals surface area contributed by atoms with E-state index in [1.54, 1.807) is 17.3 Å². The molecule has 0 aromatic rings. The summed E-state index contributed by atoms with van der Waals surface area (Å²) in [5, 5.41) is 3.04. The summed E-state index contributed by atoms with van der Waals surface area (Å²) in [6.45, 7) is 0. The van der Waals surface area contributed by atoms with E-state index in [1.807, 2.05) is 18.2 Å². The summed E-state index contributed by atoms with van der Waals surface area (Å²) in [5.41, 5.74) is 0. The van der Waals surface area contributed by atoms with Crippen molar-refractivity contribution >= 4 is 5.91 Å². The molecule has 1 N–H and O–H groups in total. The fourth-order valence-electron chi connectivity index (χ4n) is 1.15. The molecular formula is C8H8N2O. The SMILES string of the molecule is O=C1C=CNC2C=CC=CN12. The number of rotatable bonds is 0. The number of hydrogen-bond acceptors (Lipinski definition) is 2. The molecule has 2 aliphatic rings. The molecule has 0 fully saturated rings. The van der Waals surface area contributed by atoms with Gasteiger partial charge in [-0.05, 0) is 12.2 Å². The van der Waals surface area contributed by atoms with Crippen molar-refractivity contribution in [2.45, 2.75) is 6.17 Å². The summed E-state index contributed by atoms with van der Waals surface area (Å²) < 4.78 is 0. The topological polar surface area (TPSA) is 32.3 Å². The van der Waals surface area contributed by atoms with E-state index in [9.17, 15) is 4.79 Å². The van der Waals surface area contributed by atoms with Gasteiger partial charge in [0.05, 0.1) is 0 Å². The van der Waals surface area contributed by atoms with E-state index in [0.717, 1.165) is 0 Å². The van der Waals surface area contributed by atoms with E-state index in [1.165, 1.54) is 6.08 Å². The van der Waals surface area contributed by atoms with Gasteiger partial charge in [0.2, 0.25) is 0 Å². The number of nitrogens with one attached hydrogen (secondary N) is 1. The van der Waals surface area contributed by atoms with Crippen molar-refractivity contribution < 1.29 is 4.79 Å². The van der Waals surface area contributed by atoms with Crippen molar-refractivity contribution in [1.82, 2.24) is 10.2 Å². The average molecular weight is 148 g/mol. The van der Waals surface area contributed by atoms with E-state index in [2.05, 4.69) is 5.32 Å². The molecule has 1 atom stereocenters. The molecule has 0 saturated carbocycles. The van der Waals surface area contributed by atoms with Crippen LogP contribution in [0.25, 0.3) is 0 Å². The van der Waals surface area contributed by atoms with Crippen LogP contribution in [-0.4, -0.2) is 17.0 Å². The maximum atomic E-state index is 11.1. The predicted octanol–water partition coefficient (Wildman–Crippen LogP) is 0.341. The second-order valence-electron chi connectivity index (χ2n) is 2.42. The van der Waals surface area contributed by atoms with Gasteiger partial charge in [-0.25, -0.2) is 0 Å². The Bertz CT molecular complexity index is 265. The molecule has 2 heterocycles. The third-order valence-corrected chi connectivity index (χ3v) is 1.70. The van der Waals surface area contributed by atoms with Gasteiger partial charge < -0.3 is 5.32 Å². The van der Waals surface area contributed by atoms with E-state index in [-0.39, 0.29) is 12.1 Å². The van der Waals surface area contributed by atoms with Gasteiger partial charge >= 0.3 is 0 Å². The van der Waals surface area contributed by atoms with Gasteiger partial charge in [0, 0.05) is 18.5 Å². The standard InChI is InChI=1S/C8H8N2O/c11-8-4-5-9-7-3-1-2-6-10(7)8/h1-7,9H. The minimum absolute atomic E-state index is 0.0116. The molecule has 2 rings (SSSR count). The molecule has 3 heteroatoms. The van der Waals surface area contributed by atoms with Gasteiger partial charge in [-0.3, -0.25) is 9.69 Å². The lowest BCUT2D eigenvalue weighted by Crippen LogP contribution is -2.45. The molecule has 0 bridgehead atoms. The number of fused-ring (bicyclic) bond motifs is 1. The Kier molecular flexibility index (Phi) is 1.28. The van der Waals surface area contributed by atoms with E-state index in [0.29, 0.717) is 0 Å². The smallest absolute Gasteiger partial charge is 0.253 e. The zero-order valence-corrected chi connectivity index (χ0v) is 5.90. The average Bonchev–Trinajstić information content (AvgIpc) is 2.06. The number of allylic oxidation sites excluding steroid dienone is 2. The second-order valence-corrected chi connectivity index (χ2v) is 2.42. The monoisotopic (exact) mass is 148 g/mol. The maximum Gasteiger partial charge on any atom is 0.253 e. The van der Waals surface area contributed by atoms with E-state index < -0.39 is 0 Å². The summed E-state index contributed by atoms with van der Waals surface area (Å²) in [6.07, 6.45) is 10.7. The zero-order valence-electron chi connectivity index (χ0n) is 5.90. The number of amides is 1. The van der Waals surface area contributed by atoms with Gasteiger partial charge in [0.15, 0.2) is 0 Å². The van der Waals surface area contributed by atoms with Crippen LogP contribution in [0.5, 0.6) is 0 Å². The van der Waals surface area contributed by atoms with Crippen LogP contribution in [0.4, 0.5) is 0 Å². The molecule has 1 amide bonds. The highest BCUT2D eigenvalue weighted by Crippen LogP contribution is 2.09. The summed E-state index contributed by atoms with van der Waals surface area (Å²) in [5.74, 6) is 0.0225. The minimum atomic E-state index is 0.0116. The van der Waals surface area contributed by atoms with Crippen LogP contribution in [-0.2, 0) is 4.79 Å². The summed E-state index contributed by atoms with van der Waals surface area (Å²) in [6, 6.07) is 0. The molecule has 0 radical (unpaired) electrons. The Hall–Kier alpha value is -1.51. The van der Waals surface area contributed by atoms with Crippen molar-refractivity contribution in [1.29, 1.82) is 0 Å². The summed E-state index contributed by atoms with van der Waals surface area (Å²) in [4.78, 5) is 12.8. The van der Waals surface area contributed by atoms with Gasteiger partial charge in [-0.1, -0.05) is 6.08 Å². The molecule has 0 saturated heterocycles. The number of carbonyl (C=O) groups excluding carboxylic acids is 1. The second kappa shape index (κ2) is 2.27. The number of carbonyl (C=O) groups is 1. The van der Waals surface area contributed by atoms with Crippen LogP contribution in [0, 0.1) is 0 Å². The lowest BCUT2D eigenvalue weighted by Gasteiger charge is -2.30. The minimum Gasteiger partial charge on any atom is -0.367 e. The van der Waals surface area contributed by atoms with Crippen molar-refractivity contribution in [2.75, 3.05) is 0 Å². The quantitative estimate of drug-likeness (QED) is 0.537. The van der Waals surface area contributed by atoms with Gasteiger partial charge in [0.1, 0.15) is 6.17 Å². The number of nitrogens with zero attached hydrogens (tertiary/aromatic N) is 1. The third kappa shape index (κ3) is 0.941. The van der Waals surface area contributed by atoms with Crippen molar-refractivity contribution in [3.8, 4) is 0 Å². The van der Waals surface area contributed by atoms with Crippen LogP contribution >= 0.6 is 0 Å². The zero-order chi connectivity index (χ0) is 7.68. The molecule has 3 nitrogen and oxygen atoms in total. The molecule has 0 aromatic heterocycles. The largest absolute Gasteiger partial charge is 0.367 e. The Labute approximate surface area is 64.7 Å². The fraction of sp³-hybridized carbons (Fsp3) is 0.125. The third-order valence-electron chi connectivity index (χ3n) is 1.70. The first-order valence-corrected chi connectivity index (χ1v) is 3.48. The van der Waals surface area contributed by atoms with Crippen LogP contribution in [0.3, 0.4) is 0 Å². The highest BCUT2D eigenvalue weighted by molar-refractivity contribution is 5.89. The van der Waals surface area contributed by atoms with Crippen LogP contribution in [0.2, 0.25) is 0 Å². The normalized spacial score (nSPS) is 26.7. The highest BCUT2D eigenvalue weighted by Gasteiger charge is 2.20. The first-order chi connectivity index (χ1) is 5.38. The van der Waals surface area contributed by atoms with Crippen LogP contribution in [0.1, 0.15) is 0 Å². The molecule has 0 aromatic carbocycles. The molecule has 1 unspecified atom stereocenters. The van der Waals surface area contributed by atoms with Crippen molar-refractivity contribution in [3.63, 3.8) is 0 Å². The fourth-order valence-corrected chi connectivity index (χ4v) is 1.15. The van der Waals surface area contributed by atoms with Crippen LogP contribution < -0.4 is 5.32 Å². The molecule has 0 aliphatic carbocycles. The first-order valence-electron chi connectivity index (χ1n) is 3.48. The van der Waals surface area contributed by atoms with Gasteiger partial charge in [-0.2, -0.15) is 0 Å². The Balaban J connectivity index is 2.30. The Morgan fingerprint density at radius 3 is 3.18 bits per heavy atom. The van der Waals surface area contributed by atoms with Gasteiger partial charge in [0.25, 0.3) is 5.91 Å². The summed E-state index contributed by atoms with van der Waals surface area (Å²) >= 11 is 0. The Morgan fingerprint density at radius 2 is 2.36 bits per heavy atom. The van der Waals surface area contributed by atoms with Crippen LogP contribution in [0.15, 0.2) is 36.7 Å². The van der Waals surface area contributed by atoms with Gasteiger partial charge in [-0.15, -0.1) is 0 Å². The van der Waals surface area contributed by atoms with Crippen molar-refractivity contribution in [3.05, 3.63) is 36.7 Å². The van der Waals surface area contributed by atoms with E-state index >= 15 is 0 Å². The molecule has 56 valence electrons. The maximum absolute atomic E-state index is 11.1. The Morgan fingerprint density at radius 1 is 1.45 bits per heavy atom. The molecule has 11 heavy (non-hydrogen) atoms. The molecule has 2 aliphatic heterocycles. The highest BCUT2D eigenvalue weighted by atomic mass is 16.2. The lowest BCUT2D eigenvalue weighted by atomic mass is 10.2. The molecule has 0 spiro atoms.